The van der Waals surface area contributed by atoms with E-state index in [1.165, 1.54) is 6.07 Å². The molecule has 0 radical (unpaired) electrons. The van der Waals surface area contributed by atoms with E-state index < -0.39 is 17.6 Å². The zero-order valence-electron chi connectivity index (χ0n) is 12.8. The summed E-state index contributed by atoms with van der Waals surface area (Å²) in [4.78, 5) is 25.9. The number of rotatable bonds is 4. The minimum absolute atomic E-state index is 0.0389. The topological polar surface area (TPSA) is 66.8 Å². The van der Waals surface area contributed by atoms with Gasteiger partial charge in [0.15, 0.2) is 5.76 Å². The first-order valence-corrected chi connectivity index (χ1v) is 7.71. The van der Waals surface area contributed by atoms with Crippen LogP contribution in [-0.4, -0.2) is 23.5 Å². The predicted molar refractivity (Wildman–Crippen MR) is 91.1 cm³/mol. The van der Waals surface area contributed by atoms with Crippen LogP contribution in [0, 0.1) is 0 Å². The largest absolute Gasteiger partial charge is 0.502 e. The normalized spacial score (nSPS) is 14.5. The van der Waals surface area contributed by atoms with Gasteiger partial charge >= 0.3 is 5.91 Å². The van der Waals surface area contributed by atoms with Crippen molar-refractivity contribution in [1.82, 2.24) is 0 Å². The molecule has 2 aromatic rings. The van der Waals surface area contributed by atoms with Crippen LogP contribution in [-0.2, 0) is 9.59 Å². The van der Waals surface area contributed by atoms with Gasteiger partial charge in [-0.15, -0.1) is 0 Å². The molecule has 1 aliphatic rings. The molecule has 0 saturated carbocycles. The Kier molecular flexibility index (Phi) is 4.27. The maximum atomic E-state index is 12.7. The Hall–Kier alpha value is -2.79. The summed E-state index contributed by atoms with van der Waals surface area (Å²) in [6.07, 6.45) is 0. The molecule has 122 valence electrons. The zero-order valence-corrected chi connectivity index (χ0v) is 13.6. The van der Waals surface area contributed by atoms with Crippen LogP contribution in [0.1, 0.15) is 12.5 Å². The number of halogens is 1. The minimum Gasteiger partial charge on any atom is -0.502 e. The van der Waals surface area contributed by atoms with Crippen LogP contribution in [0.3, 0.4) is 0 Å². The summed E-state index contributed by atoms with van der Waals surface area (Å²) >= 11 is 5.92. The number of imide groups is 1. The number of ether oxygens (including phenoxy) is 1. The van der Waals surface area contributed by atoms with Gasteiger partial charge in [-0.05, 0) is 42.8 Å². The van der Waals surface area contributed by atoms with E-state index in [4.69, 9.17) is 16.3 Å². The first-order valence-electron chi connectivity index (χ1n) is 7.33. The first-order chi connectivity index (χ1) is 11.5. The number of carbonyl (C=O) groups excluding carboxylic acids is 2. The van der Waals surface area contributed by atoms with Gasteiger partial charge in [0, 0.05) is 5.02 Å². The molecule has 5 nitrogen and oxygen atoms in total. The molecule has 0 aliphatic carbocycles. The fraction of sp³-hybridized carbons (Fsp3) is 0.111. The second-order valence-electron chi connectivity index (χ2n) is 5.11. The van der Waals surface area contributed by atoms with Crippen LogP contribution in [0.25, 0.3) is 5.57 Å². The van der Waals surface area contributed by atoms with Gasteiger partial charge in [-0.3, -0.25) is 9.59 Å². The summed E-state index contributed by atoms with van der Waals surface area (Å²) in [5.74, 6) is -1.30. The number of benzene rings is 2. The SMILES string of the molecule is CCOc1ccc(C2=C(O)C(=O)N(c3cccc(Cl)c3)C2=O)cc1. The van der Waals surface area contributed by atoms with E-state index >= 15 is 0 Å². The summed E-state index contributed by atoms with van der Waals surface area (Å²) in [5.41, 5.74) is 0.715. The van der Waals surface area contributed by atoms with Crippen molar-refractivity contribution in [2.75, 3.05) is 11.5 Å². The molecule has 2 amide bonds. The molecule has 1 heterocycles. The van der Waals surface area contributed by atoms with Crippen molar-refractivity contribution in [3.8, 4) is 5.75 Å². The quantitative estimate of drug-likeness (QED) is 0.862. The summed E-state index contributed by atoms with van der Waals surface area (Å²) in [7, 11) is 0. The number of amides is 2. The Labute approximate surface area is 143 Å². The summed E-state index contributed by atoms with van der Waals surface area (Å²) < 4.78 is 5.35. The molecule has 0 spiro atoms. The lowest BCUT2D eigenvalue weighted by Crippen LogP contribution is -2.31. The van der Waals surface area contributed by atoms with Crippen molar-refractivity contribution in [3.05, 3.63) is 64.9 Å². The Balaban J connectivity index is 1.97. The molecule has 0 fully saturated rings. The molecule has 2 aromatic carbocycles. The van der Waals surface area contributed by atoms with Crippen molar-refractivity contribution in [2.45, 2.75) is 6.92 Å². The predicted octanol–water partition coefficient (Wildman–Crippen LogP) is 3.58. The van der Waals surface area contributed by atoms with E-state index in [9.17, 15) is 14.7 Å². The van der Waals surface area contributed by atoms with Crippen LogP contribution >= 0.6 is 11.6 Å². The molecule has 0 bridgehead atoms. The third kappa shape index (κ3) is 2.74. The molecule has 0 unspecified atom stereocenters. The zero-order chi connectivity index (χ0) is 17.3. The van der Waals surface area contributed by atoms with Crippen molar-refractivity contribution in [2.24, 2.45) is 0 Å². The Bertz CT molecular complexity index is 842. The Morgan fingerprint density at radius 1 is 1.08 bits per heavy atom. The Morgan fingerprint density at radius 3 is 2.42 bits per heavy atom. The van der Waals surface area contributed by atoms with Gasteiger partial charge in [0.2, 0.25) is 0 Å². The number of carbonyl (C=O) groups is 2. The lowest BCUT2D eigenvalue weighted by atomic mass is 10.1. The van der Waals surface area contributed by atoms with Crippen LogP contribution in [0.15, 0.2) is 54.3 Å². The molecule has 0 aromatic heterocycles. The third-order valence-corrected chi connectivity index (χ3v) is 3.81. The fourth-order valence-electron chi connectivity index (χ4n) is 2.51. The average molecular weight is 344 g/mol. The molecule has 1 N–H and O–H groups in total. The molecular formula is C18H14ClNO4. The molecule has 6 heteroatoms. The van der Waals surface area contributed by atoms with E-state index in [-0.39, 0.29) is 5.57 Å². The smallest absolute Gasteiger partial charge is 0.301 e. The van der Waals surface area contributed by atoms with Crippen LogP contribution in [0.4, 0.5) is 5.69 Å². The number of hydrogen-bond donors (Lipinski definition) is 1. The molecule has 1 aliphatic heterocycles. The minimum atomic E-state index is -0.772. The standard InChI is InChI=1S/C18H14ClNO4/c1-2-24-14-8-6-11(7-9-14)15-16(21)18(23)20(17(15)22)13-5-3-4-12(19)10-13/h3-10,21H,2H2,1H3. The van der Waals surface area contributed by atoms with Gasteiger partial charge in [-0.2, -0.15) is 0 Å². The third-order valence-electron chi connectivity index (χ3n) is 3.58. The lowest BCUT2D eigenvalue weighted by molar-refractivity contribution is -0.121. The number of aliphatic hydroxyl groups is 1. The molecule has 0 saturated heterocycles. The van der Waals surface area contributed by atoms with Crippen LogP contribution in [0.5, 0.6) is 5.75 Å². The second kappa shape index (κ2) is 6.37. The van der Waals surface area contributed by atoms with Crippen molar-refractivity contribution in [1.29, 1.82) is 0 Å². The first kappa shape index (κ1) is 16.1. The van der Waals surface area contributed by atoms with Crippen molar-refractivity contribution < 1.29 is 19.4 Å². The average Bonchev–Trinajstić information content (AvgIpc) is 2.78. The van der Waals surface area contributed by atoms with Crippen LogP contribution < -0.4 is 9.64 Å². The second-order valence-corrected chi connectivity index (χ2v) is 5.54. The van der Waals surface area contributed by atoms with Gasteiger partial charge < -0.3 is 9.84 Å². The van der Waals surface area contributed by atoms with Gasteiger partial charge in [-0.1, -0.05) is 29.8 Å². The van der Waals surface area contributed by atoms with E-state index in [0.29, 0.717) is 28.6 Å². The van der Waals surface area contributed by atoms with E-state index in [1.807, 2.05) is 6.92 Å². The van der Waals surface area contributed by atoms with Gasteiger partial charge in [0.1, 0.15) is 5.75 Å². The summed E-state index contributed by atoms with van der Waals surface area (Å²) in [6, 6.07) is 13.0. The van der Waals surface area contributed by atoms with E-state index in [2.05, 4.69) is 0 Å². The molecular weight excluding hydrogens is 330 g/mol. The summed E-state index contributed by atoms with van der Waals surface area (Å²) in [5, 5.41) is 10.5. The van der Waals surface area contributed by atoms with E-state index in [1.54, 1.807) is 42.5 Å². The highest BCUT2D eigenvalue weighted by atomic mass is 35.5. The van der Waals surface area contributed by atoms with E-state index in [0.717, 1.165) is 4.90 Å². The lowest BCUT2D eigenvalue weighted by Gasteiger charge is -2.14. The number of aliphatic hydroxyl groups excluding tert-OH is 1. The maximum Gasteiger partial charge on any atom is 0.301 e. The van der Waals surface area contributed by atoms with Gasteiger partial charge in [-0.25, -0.2) is 4.90 Å². The van der Waals surface area contributed by atoms with Gasteiger partial charge in [0.25, 0.3) is 5.91 Å². The van der Waals surface area contributed by atoms with Crippen molar-refractivity contribution >= 4 is 34.7 Å². The maximum absolute atomic E-state index is 12.7. The van der Waals surface area contributed by atoms with Gasteiger partial charge in [0.05, 0.1) is 17.9 Å². The molecule has 3 rings (SSSR count). The highest BCUT2D eigenvalue weighted by Gasteiger charge is 2.40. The highest BCUT2D eigenvalue weighted by molar-refractivity contribution is 6.45. The summed E-state index contributed by atoms with van der Waals surface area (Å²) in [6.45, 7) is 2.39. The Morgan fingerprint density at radius 2 is 1.79 bits per heavy atom. The number of nitrogens with zero attached hydrogens (tertiary/aromatic N) is 1. The highest BCUT2D eigenvalue weighted by Crippen LogP contribution is 2.33. The molecule has 0 atom stereocenters. The number of hydrogen-bond acceptors (Lipinski definition) is 4. The molecule has 24 heavy (non-hydrogen) atoms. The number of anilines is 1. The van der Waals surface area contributed by atoms with Crippen molar-refractivity contribution in [3.63, 3.8) is 0 Å². The fourth-order valence-corrected chi connectivity index (χ4v) is 2.70. The monoisotopic (exact) mass is 343 g/mol. The van der Waals surface area contributed by atoms with Crippen LogP contribution in [0.2, 0.25) is 5.02 Å².